The summed E-state index contributed by atoms with van der Waals surface area (Å²) in [5, 5.41) is 25.0. The van der Waals surface area contributed by atoms with E-state index in [-0.39, 0.29) is 36.3 Å². The highest BCUT2D eigenvalue weighted by Crippen LogP contribution is 2.69. The van der Waals surface area contributed by atoms with Gasteiger partial charge in [0.2, 0.25) is 0 Å². The molecule has 0 aromatic rings. The lowest BCUT2D eigenvalue weighted by Crippen LogP contribution is -2.75. The minimum Gasteiger partial charge on any atom is -0.462 e. The average Bonchev–Trinajstić information content (AvgIpc) is 3.22. The normalized spacial score (nSPS) is 39.6. The fourth-order valence-electron chi connectivity index (χ4n) is 8.05. The second-order valence-corrected chi connectivity index (χ2v) is 13.0. The zero-order valence-electron chi connectivity index (χ0n) is 22.7. The average molecular weight is 501 g/mol. The van der Waals surface area contributed by atoms with Gasteiger partial charge in [-0.3, -0.25) is 4.79 Å². The molecule has 2 bridgehead atoms. The molecule has 6 atom stereocenters. The molecule has 0 spiro atoms. The van der Waals surface area contributed by atoms with Crippen LogP contribution in [0.1, 0.15) is 98.8 Å². The Hall–Kier alpha value is -1.84. The number of esters is 2. The van der Waals surface area contributed by atoms with Crippen LogP contribution in [0.15, 0.2) is 11.6 Å². The molecule has 4 aliphatic rings. The molecule has 4 rings (SSSR count). The van der Waals surface area contributed by atoms with E-state index in [1.165, 1.54) is 6.08 Å². The first-order chi connectivity index (χ1) is 16.8. The molecule has 2 aliphatic carbocycles. The van der Waals surface area contributed by atoms with E-state index in [9.17, 15) is 19.8 Å². The molecule has 200 valence electrons. The maximum Gasteiger partial charge on any atom is 0.331 e. The predicted octanol–water partition coefficient (Wildman–Crippen LogP) is 4.71. The molecule has 2 fully saturated rings. The molecule has 0 saturated heterocycles. The highest BCUT2D eigenvalue weighted by atomic mass is 16.5. The van der Waals surface area contributed by atoms with Gasteiger partial charge in [-0.05, 0) is 55.9 Å². The van der Waals surface area contributed by atoms with Crippen molar-refractivity contribution in [3.05, 3.63) is 11.6 Å². The predicted molar refractivity (Wildman–Crippen MR) is 136 cm³/mol. The number of carbonyl (C=O) groups excluding carboxylic acids is 2. The Bertz CT molecular complexity index is 970. The summed E-state index contributed by atoms with van der Waals surface area (Å²) in [5.74, 6) is 6.29. The monoisotopic (exact) mass is 500 g/mol. The summed E-state index contributed by atoms with van der Waals surface area (Å²) in [6, 6.07) is 0. The van der Waals surface area contributed by atoms with Crippen molar-refractivity contribution in [1.29, 1.82) is 0 Å². The number of cyclic esters (lactones) is 1. The number of aliphatic hydroxyl groups excluding tert-OH is 1. The molecular weight excluding hydrogens is 456 g/mol. The maximum atomic E-state index is 13.1. The van der Waals surface area contributed by atoms with Gasteiger partial charge in [-0.15, -0.1) is 5.92 Å². The number of hydrogen-bond donors (Lipinski definition) is 2. The van der Waals surface area contributed by atoms with Gasteiger partial charge in [-0.1, -0.05) is 46.5 Å². The van der Waals surface area contributed by atoms with E-state index in [4.69, 9.17) is 9.47 Å². The lowest BCUT2D eigenvalue weighted by atomic mass is 9.37. The Morgan fingerprint density at radius 2 is 1.94 bits per heavy atom. The third-order valence-corrected chi connectivity index (χ3v) is 9.72. The van der Waals surface area contributed by atoms with Crippen molar-refractivity contribution in [2.45, 2.75) is 117 Å². The van der Waals surface area contributed by atoms with Crippen LogP contribution in [0.2, 0.25) is 0 Å². The van der Waals surface area contributed by atoms with Crippen LogP contribution in [0, 0.1) is 39.9 Å². The highest BCUT2D eigenvalue weighted by Gasteiger charge is 2.73. The fraction of sp³-hybridized carbons (Fsp3) is 0.800. The first-order valence-electron chi connectivity index (χ1n) is 13.8. The summed E-state index contributed by atoms with van der Waals surface area (Å²) in [6.45, 7) is 11.0. The minimum atomic E-state index is -1.34. The Balaban J connectivity index is 1.89. The van der Waals surface area contributed by atoms with Gasteiger partial charge >= 0.3 is 11.9 Å². The van der Waals surface area contributed by atoms with Crippen molar-refractivity contribution < 1.29 is 29.3 Å². The van der Waals surface area contributed by atoms with E-state index in [1.807, 2.05) is 6.92 Å². The molecule has 2 N–H and O–H groups in total. The highest BCUT2D eigenvalue weighted by molar-refractivity contribution is 5.85. The molecule has 0 aromatic heterocycles. The Kier molecular flexibility index (Phi) is 7.40. The molecule has 0 aromatic carbocycles. The van der Waals surface area contributed by atoms with Crippen LogP contribution in [0.3, 0.4) is 0 Å². The molecule has 6 nitrogen and oxygen atoms in total. The topological polar surface area (TPSA) is 93.1 Å². The molecule has 6 heteroatoms. The number of rotatable bonds is 7. The lowest BCUT2D eigenvalue weighted by Gasteiger charge is -2.69. The number of hydrogen-bond acceptors (Lipinski definition) is 6. The van der Waals surface area contributed by atoms with E-state index < -0.39 is 28.6 Å². The summed E-state index contributed by atoms with van der Waals surface area (Å²) in [6.07, 6.45) is 6.15. The summed E-state index contributed by atoms with van der Waals surface area (Å²) in [4.78, 5) is 24.5. The lowest BCUT2D eigenvalue weighted by molar-refractivity contribution is -0.305. The Morgan fingerprint density at radius 3 is 2.61 bits per heavy atom. The van der Waals surface area contributed by atoms with Crippen molar-refractivity contribution in [2.75, 3.05) is 6.61 Å². The van der Waals surface area contributed by atoms with Crippen LogP contribution in [0.5, 0.6) is 0 Å². The molecule has 2 heterocycles. The molecule has 0 radical (unpaired) electrons. The Labute approximate surface area is 216 Å². The largest absolute Gasteiger partial charge is 0.462 e. The number of aliphatic hydroxyl groups is 2. The second kappa shape index (κ2) is 9.80. The quantitative estimate of drug-likeness (QED) is 0.389. The van der Waals surface area contributed by atoms with Crippen LogP contribution in [-0.4, -0.2) is 46.6 Å². The van der Waals surface area contributed by atoms with Crippen LogP contribution in [0.4, 0.5) is 0 Å². The van der Waals surface area contributed by atoms with Gasteiger partial charge in [0.25, 0.3) is 0 Å². The first kappa shape index (κ1) is 27.2. The van der Waals surface area contributed by atoms with Crippen molar-refractivity contribution >= 4 is 11.9 Å². The molecule has 36 heavy (non-hydrogen) atoms. The van der Waals surface area contributed by atoms with Crippen LogP contribution >= 0.6 is 0 Å². The van der Waals surface area contributed by atoms with Gasteiger partial charge < -0.3 is 19.7 Å². The van der Waals surface area contributed by atoms with Crippen molar-refractivity contribution in [3.8, 4) is 11.8 Å². The van der Waals surface area contributed by atoms with Crippen LogP contribution < -0.4 is 0 Å². The number of ether oxygens (including phenoxy) is 2. The van der Waals surface area contributed by atoms with Gasteiger partial charge in [-0.2, -0.15) is 0 Å². The zero-order chi connectivity index (χ0) is 26.4. The molecule has 0 amide bonds. The molecule has 6 unspecified atom stereocenters. The van der Waals surface area contributed by atoms with Crippen molar-refractivity contribution in [2.24, 2.45) is 28.1 Å². The number of carbonyl (C=O) groups is 2. The summed E-state index contributed by atoms with van der Waals surface area (Å²) >= 11 is 0. The van der Waals surface area contributed by atoms with Crippen molar-refractivity contribution in [1.82, 2.24) is 0 Å². The molecular formula is C30H44O6. The van der Waals surface area contributed by atoms with E-state index >= 15 is 0 Å². The third-order valence-electron chi connectivity index (χ3n) is 9.72. The van der Waals surface area contributed by atoms with Gasteiger partial charge in [-0.25, -0.2) is 4.79 Å². The smallest absolute Gasteiger partial charge is 0.331 e. The standard InChI is InChI=1S/C30H44O6/c1-20(2)9-8-14-29-23(31)12-15-27(3,4)26(29)22-18-28(5,13-7-6-10-24(32)36-22)30(29,34)16-11-21-17-25(33)35-19-21/h17,20,22-23,26,31,34H,6,8-12,14-16,18-19H2,1-5H3. The maximum absolute atomic E-state index is 13.1. The van der Waals surface area contributed by atoms with Crippen molar-refractivity contribution in [3.63, 3.8) is 0 Å². The zero-order valence-corrected chi connectivity index (χ0v) is 22.7. The van der Waals surface area contributed by atoms with E-state index in [0.717, 1.165) is 24.8 Å². The molecule has 2 saturated carbocycles. The third kappa shape index (κ3) is 4.52. The second-order valence-electron chi connectivity index (χ2n) is 13.0. The number of fused-ring (bicyclic) bond motifs is 4. The van der Waals surface area contributed by atoms with Gasteiger partial charge in [0, 0.05) is 30.3 Å². The van der Waals surface area contributed by atoms with E-state index in [1.54, 1.807) is 0 Å². The first-order valence-corrected chi connectivity index (χ1v) is 13.8. The van der Waals surface area contributed by atoms with E-state index in [2.05, 4.69) is 39.5 Å². The van der Waals surface area contributed by atoms with Gasteiger partial charge in [0.15, 0.2) is 0 Å². The summed E-state index contributed by atoms with van der Waals surface area (Å²) < 4.78 is 11.3. The summed E-state index contributed by atoms with van der Waals surface area (Å²) in [5.41, 5.74) is -2.50. The van der Waals surface area contributed by atoms with Gasteiger partial charge in [0.05, 0.1) is 23.5 Å². The minimum absolute atomic E-state index is 0.210. The fourth-order valence-corrected chi connectivity index (χ4v) is 8.05. The molecule has 2 aliphatic heterocycles. The summed E-state index contributed by atoms with van der Waals surface area (Å²) in [7, 11) is 0. The van der Waals surface area contributed by atoms with Crippen LogP contribution in [-0.2, 0) is 19.1 Å². The van der Waals surface area contributed by atoms with Gasteiger partial charge in [0.1, 0.15) is 12.7 Å². The Morgan fingerprint density at radius 1 is 1.19 bits per heavy atom. The van der Waals surface area contributed by atoms with Crippen LogP contribution in [0.25, 0.3) is 0 Å². The SMILES string of the molecule is CC(C)CCCC12C(O)CCC(C)(C)C1C1CC(C)(C#CCCC(=O)O1)C2(O)CCC1=CC(=O)OC1. The van der Waals surface area contributed by atoms with E-state index in [0.29, 0.717) is 44.4 Å².